The van der Waals surface area contributed by atoms with Crippen molar-refractivity contribution in [3.8, 4) is 11.5 Å². The van der Waals surface area contributed by atoms with Crippen LogP contribution in [0.2, 0.25) is 0 Å². The van der Waals surface area contributed by atoms with Gasteiger partial charge in [0.05, 0.1) is 0 Å². The van der Waals surface area contributed by atoms with Gasteiger partial charge in [0, 0.05) is 29.3 Å². The zero-order valence-electron chi connectivity index (χ0n) is 20.5. The van der Waals surface area contributed by atoms with E-state index in [2.05, 4.69) is 13.0 Å². The fourth-order valence-corrected chi connectivity index (χ4v) is 6.29. The molecule has 0 amide bonds. The third-order valence-electron chi connectivity index (χ3n) is 8.19. The molecule has 0 heterocycles. The second-order valence-electron chi connectivity index (χ2n) is 10.3. The van der Waals surface area contributed by atoms with Gasteiger partial charge < -0.3 is 4.74 Å². The van der Waals surface area contributed by atoms with E-state index in [1.165, 1.54) is 38.5 Å². The maximum atomic E-state index is 14.6. The molecule has 0 spiro atoms. The summed E-state index contributed by atoms with van der Waals surface area (Å²) < 4.78 is 75.8. The van der Waals surface area contributed by atoms with Crippen molar-refractivity contribution in [3.05, 3.63) is 58.4 Å². The average molecular weight is 494 g/mol. The minimum absolute atomic E-state index is 0.00207. The van der Waals surface area contributed by atoms with Gasteiger partial charge in [0.2, 0.25) is 0 Å². The number of halogens is 5. The monoisotopic (exact) mass is 493 g/mol. The third-order valence-corrected chi connectivity index (χ3v) is 8.19. The maximum Gasteiger partial charge on any atom is 0.194 e. The predicted octanol–water partition coefficient (Wildman–Crippen LogP) is 9.42. The first-order valence-corrected chi connectivity index (χ1v) is 13.1. The van der Waals surface area contributed by atoms with Crippen molar-refractivity contribution in [2.75, 3.05) is 0 Å². The number of benzene rings is 2. The van der Waals surface area contributed by atoms with Gasteiger partial charge >= 0.3 is 0 Å². The van der Waals surface area contributed by atoms with Crippen molar-refractivity contribution < 1.29 is 26.7 Å². The summed E-state index contributed by atoms with van der Waals surface area (Å²) in [7, 11) is 0. The lowest BCUT2D eigenvalue weighted by atomic mass is 9.68. The minimum atomic E-state index is -1.60. The molecule has 2 aliphatic carbocycles. The highest BCUT2D eigenvalue weighted by Gasteiger charge is 2.33. The summed E-state index contributed by atoms with van der Waals surface area (Å²) in [5, 5.41) is 0. The van der Waals surface area contributed by atoms with Crippen LogP contribution in [0.25, 0.3) is 0 Å². The Balaban J connectivity index is 1.53. The van der Waals surface area contributed by atoms with E-state index in [9.17, 15) is 22.0 Å². The van der Waals surface area contributed by atoms with Crippen LogP contribution in [0.5, 0.6) is 11.5 Å². The smallest absolute Gasteiger partial charge is 0.194 e. The highest BCUT2D eigenvalue weighted by Crippen LogP contribution is 2.47. The predicted molar refractivity (Wildman–Crippen MR) is 126 cm³/mol. The molecule has 1 nitrogen and oxygen atoms in total. The Hall–Kier alpha value is -2.11. The standard InChI is InChI=1S/C29H34F5O/c1-3-5-17-6-8-18(9-7-17)19-10-12-20(13-11-19)23-16-26(32)27(33)22(4-2)29(23)35-21-14-24(30)28(34)25(31)15-21/h14-15,17-20H,3-13H2,1-2H3/t17-,18-,19-,20-. The molecule has 2 aromatic carbocycles. The van der Waals surface area contributed by atoms with Crippen LogP contribution in [0.1, 0.15) is 95.1 Å². The van der Waals surface area contributed by atoms with Crippen molar-refractivity contribution >= 4 is 0 Å². The van der Waals surface area contributed by atoms with E-state index in [0.717, 1.165) is 37.5 Å². The second-order valence-corrected chi connectivity index (χ2v) is 10.3. The third kappa shape index (κ3) is 5.67. The fraction of sp³-hybridized carbons (Fsp3) is 0.586. The molecule has 0 unspecified atom stereocenters. The highest BCUT2D eigenvalue weighted by atomic mass is 19.2. The van der Waals surface area contributed by atoms with Crippen molar-refractivity contribution in [1.29, 1.82) is 0 Å². The van der Waals surface area contributed by atoms with Gasteiger partial charge in [-0.05, 0) is 68.6 Å². The largest absolute Gasteiger partial charge is 0.456 e. The van der Waals surface area contributed by atoms with Gasteiger partial charge in [0.25, 0.3) is 0 Å². The molecule has 6 heteroatoms. The summed E-state index contributed by atoms with van der Waals surface area (Å²) >= 11 is 0. The first kappa shape index (κ1) is 26.0. The topological polar surface area (TPSA) is 9.23 Å². The van der Waals surface area contributed by atoms with Crippen LogP contribution in [0.3, 0.4) is 0 Å². The van der Waals surface area contributed by atoms with Crippen LogP contribution in [-0.2, 0) is 6.42 Å². The van der Waals surface area contributed by atoms with Crippen LogP contribution in [0.4, 0.5) is 22.0 Å². The van der Waals surface area contributed by atoms with Crippen LogP contribution in [0.15, 0.2) is 12.1 Å². The number of ether oxygens (including phenoxy) is 1. The van der Waals surface area contributed by atoms with Crippen LogP contribution < -0.4 is 4.74 Å². The molecule has 2 aromatic rings. The van der Waals surface area contributed by atoms with Crippen molar-refractivity contribution in [2.45, 2.75) is 90.4 Å². The summed E-state index contributed by atoms with van der Waals surface area (Å²) in [6.45, 7) is 3.90. The average Bonchev–Trinajstić information content (AvgIpc) is 2.86. The summed E-state index contributed by atoms with van der Waals surface area (Å²) in [4.78, 5) is 0. The molecule has 191 valence electrons. The van der Waals surface area contributed by atoms with Gasteiger partial charge in [-0.1, -0.05) is 39.5 Å². The van der Waals surface area contributed by atoms with Gasteiger partial charge in [-0.3, -0.25) is 0 Å². The number of rotatable bonds is 7. The molecule has 2 saturated carbocycles. The molecule has 0 saturated heterocycles. The molecular formula is C29H34F5O. The summed E-state index contributed by atoms with van der Waals surface area (Å²) in [6, 6.07) is 3.97. The summed E-state index contributed by atoms with van der Waals surface area (Å²) in [5.74, 6) is -4.68. The van der Waals surface area contributed by atoms with Crippen LogP contribution >= 0.6 is 0 Å². The molecule has 4 rings (SSSR count). The molecule has 1 radical (unpaired) electrons. The lowest BCUT2D eigenvalue weighted by molar-refractivity contribution is 0.156. The Kier molecular flexibility index (Phi) is 8.38. The van der Waals surface area contributed by atoms with Gasteiger partial charge in [-0.25, -0.2) is 22.0 Å². The van der Waals surface area contributed by atoms with Crippen molar-refractivity contribution in [3.63, 3.8) is 0 Å². The molecule has 35 heavy (non-hydrogen) atoms. The molecule has 2 fully saturated rings. The Bertz CT molecular complexity index is 997. The van der Waals surface area contributed by atoms with Crippen molar-refractivity contribution in [1.82, 2.24) is 0 Å². The van der Waals surface area contributed by atoms with E-state index >= 15 is 0 Å². The van der Waals surface area contributed by atoms with Crippen molar-refractivity contribution in [2.24, 2.45) is 17.8 Å². The van der Waals surface area contributed by atoms with Gasteiger partial charge in [-0.2, -0.15) is 0 Å². The first-order valence-electron chi connectivity index (χ1n) is 13.1. The molecule has 0 bridgehead atoms. The Morgan fingerprint density at radius 1 is 0.800 bits per heavy atom. The van der Waals surface area contributed by atoms with E-state index in [4.69, 9.17) is 4.74 Å². The molecule has 0 N–H and O–H groups in total. The molecular weight excluding hydrogens is 459 g/mol. The summed E-state index contributed by atoms with van der Waals surface area (Å²) in [6.07, 6.45) is 11.4. The van der Waals surface area contributed by atoms with Gasteiger partial charge in [-0.15, -0.1) is 0 Å². The first-order chi connectivity index (χ1) is 16.8. The Labute approximate surface area is 205 Å². The zero-order valence-corrected chi connectivity index (χ0v) is 20.5. The summed E-state index contributed by atoms with van der Waals surface area (Å²) in [5.41, 5.74) is 0.397. The molecule has 0 atom stereocenters. The van der Waals surface area contributed by atoms with E-state index in [1.54, 1.807) is 6.92 Å². The van der Waals surface area contributed by atoms with E-state index in [-0.39, 0.29) is 29.4 Å². The quantitative estimate of drug-likeness (QED) is 0.276. The van der Waals surface area contributed by atoms with Crippen LogP contribution in [0, 0.1) is 52.9 Å². The highest BCUT2D eigenvalue weighted by molar-refractivity contribution is 5.47. The normalized spacial score (nSPS) is 25.0. The fourth-order valence-electron chi connectivity index (χ4n) is 6.29. The van der Waals surface area contributed by atoms with Crippen LogP contribution in [-0.4, -0.2) is 0 Å². The molecule has 2 aliphatic rings. The minimum Gasteiger partial charge on any atom is -0.456 e. The SMILES string of the molecule is CCC[C@H]1CC[C@H]([C@H]2CC[C@H](c3[c]c(F)c(F)c(CC)c3Oc3cc(F)c(F)c(F)c3)CC2)CC1. The molecule has 0 aromatic heterocycles. The van der Waals surface area contributed by atoms with Gasteiger partial charge in [0.1, 0.15) is 11.5 Å². The zero-order chi connectivity index (χ0) is 25.1. The van der Waals surface area contributed by atoms with E-state index < -0.39 is 29.1 Å². The lowest BCUT2D eigenvalue weighted by Gasteiger charge is -2.38. The lowest BCUT2D eigenvalue weighted by Crippen LogP contribution is -2.25. The number of hydrogen-bond donors (Lipinski definition) is 0. The molecule has 0 aliphatic heterocycles. The Morgan fingerprint density at radius 2 is 1.37 bits per heavy atom. The second kappa shape index (κ2) is 11.3. The Morgan fingerprint density at radius 3 is 1.91 bits per heavy atom. The maximum absolute atomic E-state index is 14.6. The van der Waals surface area contributed by atoms with E-state index in [1.807, 2.05) is 0 Å². The van der Waals surface area contributed by atoms with Gasteiger partial charge in [0.15, 0.2) is 29.1 Å². The number of hydrogen-bond acceptors (Lipinski definition) is 1. The van der Waals surface area contributed by atoms with E-state index in [0.29, 0.717) is 23.6 Å².